The zero-order valence-corrected chi connectivity index (χ0v) is 18.8. The third-order valence-electron chi connectivity index (χ3n) is 7.28. The predicted molar refractivity (Wildman–Crippen MR) is 111 cm³/mol. The fourth-order valence-electron chi connectivity index (χ4n) is 5.57. The molecule has 11 heteroatoms. The van der Waals surface area contributed by atoms with E-state index >= 15 is 0 Å². The van der Waals surface area contributed by atoms with Gasteiger partial charge < -0.3 is 11.1 Å². The number of alkyl halides is 3. The summed E-state index contributed by atoms with van der Waals surface area (Å²) >= 11 is 0. The molecular weight excluding hydrogens is 443 g/mol. The number of carbonyl (C=O) groups is 4. The van der Waals surface area contributed by atoms with Crippen molar-refractivity contribution in [2.75, 3.05) is 13.2 Å². The molecule has 186 valence electrons. The number of ether oxygens (including phenoxy) is 1. The summed E-state index contributed by atoms with van der Waals surface area (Å²) in [6, 6.07) is -1.95. The number of unbranched alkanes of at least 4 members (excludes halogenated alkanes) is 2. The minimum Gasteiger partial charge on any atom is -0.368 e. The minimum absolute atomic E-state index is 0.0213. The lowest BCUT2D eigenvalue weighted by atomic mass is 9.56. The highest BCUT2D eigenvalue weighted by Crippen LogP contribution is 2.55. The number of likely N-dealkylation sites (tertiary alicyclic amines) is 1. The van der Waals surface area contributed by atoms with Gasteiger partial charge in [-0.3, -0.25) is 28.8 Å². The largest absolute Gasteiger partial charge is 0.522 e. The number of halogens is 3. The number of amides is 2. The smallest absolute Gasteiger partial charge is 0.368 e. The van der Waals surface area contributed by atoms with Crippen molar-refractivity contribution in [3.05, 3.63) is 0 Å². The second-order valence-electron chi connectivity index (χ2n) is 9.51. The van der Waals surface area contributed by atoms with E-state index in [4.69, 9.17) is 5.73 Å². The normalized spacial score (nSPS) is 30.4. The summed E-state index contributed by atoms with van der Waals surface area (Å²) in [7, 11) is 0. The molecule has 0 aromatic heterocycles. The maximum absolute atomic E-state index is 12.9. The van der Waals surface area contributed by atoms with Crippen LogP contribution in [0.15, 0.2) is 0 Å². The summed E-state index contributed by atoms with van der Waals surface area (Å²) in [5.41, 5.74) is 4.89. The molecule has 2 saturated heterocycles. The van der Waals surface area contributed by atoms with Gasteiger partial charge in [0, 0.05) is 30.3 Å². The van der Waals surface area contributed by atoms with Gasteiger partial charge >= 0.3 is 6.36 Å². The molecule has 3 N–H and O–H groups in total. The van der Waals surface area contributed by atoms with Crippen LogP contribution < -0.4 is 11.1 Å². The molecule has 1 spiro atoms. The monoisotopic (exact) mass is 475 g/mol. The first-order valence-electron chi connectivity index (χ1n) is 11.6. The predicted octanol–water partition coefficient (Wildman–Crippen LogP) is 1.84. The van der Waals surface area contributed by atoms with Crippen LogP contribution in [-0.4, -0.2) is 65.4 Å². The first-order chi connectivity index (χ1) is 15.5. The molecule has 0 aromatic carbocycles. The summed E-state index contributed by atoms with van der Waals surface area (Å²) in [4.78, 5) is 51.2. The minimum atomic E-state index is -4.98. The van der Waals surface area contributed by atoms with E-state index in [1.165, 1.54) is 0 Å². The quantitative estimate of drug-likeness (QED) is 0.416. The number of primary amides is 1. The highest BCUT2D eigenvalue weighted by Gasteiger charge is 2.64. The first-order valence-corrected chi connectivity index (χ1v) is 11.6. The summed E-state index contributed by atoms with van der Waals surface area (Å²) in [5, 5.41) is 2.66. The fraction of sp³-hybridized carbons (Fsp3) is 0.818. The molecule has 0 aromatic rings. The van der Waals surface area contributed by atoms with E-state index in [1.54, 1.807) is 4.90 Å². The van der Waals surface area contributed by atoms with E-state index in [-0.39, 0.29) is 24.0 Å². The maximum atomic E-state index is 12.9. The molecule has 2 amide bonds. The summed E-state index contributed by atoms with van der Waals surface area (Å²) in [6.45, 7) is 1.26. The molecule has 1 aliphatic carbocycles. The third kappa shape index (κ3) is 5.74. The number of nitrogens with zero attached hydrogens (tertiary/aromatic N) is 1. The van der Waals surface area contributed by atoms with Crippen LogP contribution >= 0.6 is 0 Å². The average molecular weight is 476 g/mol. The number of hydrogen-bond donors (Lipinski definition) is 2. The zero-order valence-electron chi connectivity index (χ0n) is 18.8. The molecule has 3 atom stereocenters. The van der Waals surface area contributed by atoms with Crippen LogP contribution in [0, 0.1) is 11.8 Å². The topological polar surface area (TPSA) is 119 Å². The van der Waals surface area contributed by atoms with Crippen LogP contribution in [0.1, 0.15) is 64.7 Å². The Hall–Kier alpha value is -2.01. The molecule has 33 heavy (non-hydrogen) atoms. The Morgan fingerprint density at radius 1 is 1.24 bits per heavy atom. The number of hydrogen-bond acceptors (Lipinski definition) is 6. The van der Waals surface area contributed by atoms with Gasteiger partial charge in [0.2, 0.25) is 11.8 Å². The Bertz CT molecular complexity index is 782. The van der Waals surface area contributed by atoms with Gasteiger partial charge in [0.05, 0.1) is 12.1 Å². The number of Topliss-reactive ketones (excluding diaryl/α,β-unsaturated/α-hetero) is 2. The van der Waals surface area contributed by atoms with Gasteiger partial charge in [-0.15, -0.1) is 13.2 Å². The lowest BCUT2D eigenvalue weighted by molar-refractivity contribution is -0.321. The van der Waals surface area contributed by atoms with Crippen molar-refractivity contribution in [2.45, 2.75) is 88.7 Å². The number of nitrogens with one attached hydrogen (secondary N) is 1. The van der Waals surface area contributed by atoms with Crippen molar-refractivity contribution in [3.8, 4) is 0 Å². The second-order valence-corrected chi connectivity index (χ2v) is 9.51. The van der Waals surface area contributed by atoms with E-state index < -0.39 is 48.2 Å². The summed E-state index contributed by atoms with van der Waals surface area (Å²) in [6.07, 6.45) is -0.111. The van der Waals surface area contributed by atoms with Crippen molar-refractivity contribution in [3.63, 3.8) is 0 Å². The Labute approximate surface area is 190 Å². The van der Waals surface area contributed by atoms with Crippen LogP contribution in [0.5, 0.6) is 0 Å². The number of nitrogens with two attached hydrogens (primary N) is 1. The molecule has 2 heterocycles. The molecule has 0 bridgehead atoms. The molecule has 0 radical (unpaired) electrons. The van der Waals surface area contributed by atoms with Crippen LogP contribution in [-0.2, 0) is 23.9 Å². The number of carbonyl (C=O) groups excluding carboxylic acids is 4. The van der Waals surface area contributed by atoms with Crippen molar-refractivity contribution in [1.29, 1.82) is 0 Å². The molecular formula is C22H32F3N3O5. The fourth-order valence-corrected chi connectivity index (χ4v) is 5.57. The van der Waals surface area contributed by atoms with Crippen molar-refractivity contribution < 1.29 is 37.1 Å². The van der Waals surface area contributed by atoms with Crippen molar-refractivity contribution >= 4 is 23.4 Å². The zero-order chi connectivity index (χ0) is 24.4. The molecule has 3 rings (SSSR count). The lowest BCUT2D eigenvalue weighted by Gasteiger charge is -2.66. The van der Waals surface area contributed by atoms with Gasteiger partial charge in [-0.05, 0) is 38.5 Å². The molecule has 0 unspecified atom stereocenters. The van der Waals surface area contributed by atoms with Crippen LogP contribution in [0.25, 0.3) is 0 Å². The van der Waals surface area contributed by atoms with Crippen molar-refractivity contribution in [2.24, 2.45) is 17.6 Å². The van der Waals surface area contributed by atoms with E-state index in [2.05, 4.69) is 10.1 Å². The van der Waals surface area contributed by atoms with E-state index in [0.29, 0.717) is 38.6 Å². The van der Waals surface area contributed by atoms with Gasteiger partial charge in [0.25, 0.3) is 0 Å². The highest BCUT2D eigenvalue weighted by atomic mass is 19.4. The van der Waals surface area contributed by atoms with Gasteiger partial charge in [0.15, 0.2) is 5.78 Å². The molecule has 8 nitrogen and oxygen atoms in total. The Morgan fingerprint density at radius 2 is 1.94 bits per heavy atom. The maximum Gasteiger partial charge on any atom is 0.522 e. The SMILES string of the molecule is CCCCCC(=O)C1CC2(C1)C[C@@H](C(N)=O)N2[C@@H](C[C@@H]1CCNC1=O)C(=O)COC(F)(F)F. The molecule has 1 saturated carbocycles. The summed E-state index contributed by atoms with van der Waals surface area (Å²) < 4.78 is 41.5. The standard InChI is InChI=1S/C22H32F3N3O5/c1-2-3-4-5-17(29)14-9-21(10-14)11-16(19(26)31)28(21)15(8-13-6-7-27-20(13)32)18(30)12-33-22(23,24)25/h13-16H,2-12H2,1H3,(H2,26,31)(H,27,32)/t13-,14?,15-,16-,21?/m0/s1. The van der Waals surface area contributed by atoms with Crippen molar-refractivity contribution in [1.82, 2.24) is 10.2 Å². The van der Waals surface area contributed by atoms with Crippen LogP contribution in [0.3, 0.4) is 0 Å². The Balaban J connectivity index is 1.76. The first kappa shape index (κ1) is 25.6. The Kier molecular flexibility index (Phi) is 7.83. The van der Waals surface area contributed by atoms with Gasteiger partial charge in [-0.1, -0.05) is 19.8 Å². The molecule has 3 fully saturated rings. The third-order valence-corrected chi connectivity index (χ3v) is 7.28. The van der Waals surface area contributed by atoms with Crippen LogP contribution in [0.2, 0.25) is 0 Å². The van der Waals surface area contributed by atoms with Crippen LogP contribution in [0.4, 0.5) is 13.2 Å². The van der Waals surface area contributed by atoms with Gasteiger partial charge in [0.1, 0.15) is 12.4 Å². The van der Waals surface area contributed by atoms with E-state index in [0.717, 1.165) is 19.3 Å². The average Bonchev–Trinajstić information content (AvgIpc) is 3.07. The number of ketones is 2. The lowest BCUT2D eigenvalue weighted by Crippen LogP contribution is -2.78. The van der Waals surface area contributed by atoms with E-state index in [9.17, 15) is 32.3 Å². The Morgan fingerprint density at radius 3 is 2.48 bits per heavy atom. The second kappa shape index (κ2) is 10.1. The molecule has 3 aliphatic rings. The highest BCUT2D eigenvalue weighted by molar-refractivity contribution is 5.90. The summed E-state index contributed by atoms with van der Waals surface area (Å²) in [5.74, 6) is -2.42. The van der Waals surface area contributed by atoms with E-state index in [1.807, 2.05) is 6.92 Å². The molecule has 2 aliphatic heterocycles. The number of rotatable bonds is 12. The van der Waals surface area contributed by atoms with Gasteiger partial charge in [-0.2, -0.15) is 0 Å². The van der Waals surface area contributed by atoms with Gasteiger partial charge in [-0.25, -0.2) is 0 Å².